The quantitative estimate of drug-likeness (QED) is 0.214. The van der Waals surface area contributed by atoms with E-state index in [1.165, 1.54) is 65.0 Å². The van der Waals surface area contributed by atoms with E-state index < -0.39 is 0 Å². The van der Waals surface area contributed by atoms with Crippen LogP contribution in [-0.4, -0.2) is 0 Å². The van der Waals surface area contributed by atoms with E-state index >= 15 is 0 Å². The van der Waals surface area contributed by atoms with Gasteiger partial charge in [-0.1, -0.05) is 158 Å². The van der Waals surface area contributed by atoms with Gasteiger partial charge in [-0.2, -0.15) is 0 Å². The lowest BCUT2D eigenvalue weighted by atomic mass is 9.89. The Bertz CT molecular complexity index is 1860. The molecule has 0 aliphatic heterocycles. The molecule has 0 bridgehead atoms. The van der Waals surface area contributed by atoms with Crippen molar-refractivity contribution in [3.63, 3.8) is 0 Å². The molecule has 0 amide bonds. The Balaban J connectivity index is 1.43. The molecule has 1 heterocycles. The van der Waals surface area contributed by atoms with Gasteiger partial charge in [-0.25, -0.2) is 0 Å². The fraction of sp³-hybridized carbons (Fsp3) is 0. The van der Waals surface area contributed by atoms with Crippen LogP contribution in [0.25, 0.3) is 65.0 Å². The minimum Gasteiger partial charge on any atom is -0.134 e. The third-order valence-electron chi connectivity index (χ3n) is 7.33. The molecule has 7 rings (SSSR count). The first kappa shape index (κ1) is 23.4. The molecule has 0 saturated heterocycles. The summed E-state index contributed by atoms with van der Waals surface area (Å²) in [6, 6.07) is 56.7. The lowest BCUT2D eigenvalue weighted by Gasteiger charge is -2.15. The van der Waals surface area contributed by atoms with Gasteiger partial charge in [-0.15, -0.1) is 11.3 Å². The highest BCUT2D eigenvalue weighted by molar-refractivity contribution is 7.21. The molecule has 7 aromatic rings. The van der Waals surface area contributed by atoms with E-state index in [0.717, 1.165) is 0 Å². The van der Waals surface area contributed by atoms with E-state index in [0.29, 0.717) is 0 Å². The Morgan fingerprint density at radius 2 is 0.744 bits per heavy atom. The molecule has 0 aliphatic carbocycles. The zero-order valence-electron chi connectivity index (χ0n) is 21.4. The monoisotopic (exact) mass is 514 g/mol. The second kappa shape index (κ2) is 10.2. The van der Waals surface area contributed by atoms with Crippen LogP contribution in [0.15, 0.2) is 158 Å². The van der Waals surface area contributed by atoms with Gasteiger partial charge in [0, 0.05) is 26.1 Å². The maximum absolute atomic E-state index is 2.29. The number of fused-ring (bicyclic) bond motifs is 1. The van der Waals surface area contributed by atoms with Crippen molar-refractivity contribution in [1.82, 2.24) is 0 Å². The molecule has 6 aromatic carbocycles. The molecule has 0 nitrogen and oxygen atoms in total. The summed E-state index contributed by atoms with van der Waals surface area (Å²) in [6.07, 6.45) is 0. The van der Waals surface area contributed by atoms with Crippen molar-refractivity contribution >= 4 is 22.1 Å². The predicted molar refractivity (Wildman–Crippen MR) is 169 cm³/mol. The normalized spacial score (nSPS) is 11.1. The number of hydrogen-bond acceptors (Lipinski definition) is 1. The summed E-state index contributed by atoms with van der Waals surface area (Å²) < 4.78 is 0. The first-order chi connectivity index (χ1) is 19.4. The zero-order chi connectivity index (χ0) is 26.0. The number of thiophene rings is 1. The van der Waals surface area contributed by atoms with E-state index in [4.69, 9.17) is 0 Å². The van der Waals surface area contributed by atoms with Crippen molar-refractivity contribution in [2.75, 3.05) is 0 Å². The molecular formula is C38H26S. The van der Waals surface area contributed by atoms with Gasteiger partial charge in [0.1, 0.15) is 0 Å². The molecule has 0 aliphatic rings. The molecule has 0 radical (unpaired) electrons. The second-order valence-corrected chi connectivity index (χ2v) is 10.7. The van der Waals surface area contributed by atoms with Crippen LogP contribution in [0.5, 0.6) is 0 Å². The van der Waals surface area contributed by atoms with E-state index in [1.54, 1.807) is 0 Å². The summed E-state index contributed by atoms with van der Waals surface area (Å²) in [6.45, 7) is 0. The molecule has 0 fully saturated rings. The summed E-state index contributed by atoms with van der Waals surface area (Å²) in [5.74, 6) is 0. The summed E-state index contributed by atoms with van der Waals surface area (Å²) >= 11 is 1.89. The topological polar surface area (TPSA) is 0 Å². The lowest BCUT2D eigenvalue weighted by molar-refractivity contribution is 1.58. The Kier molecular flexibility index (Phi) is 6.13. The highest BCUT2D eigenvalue weighted by atomic mass is 32.1. The third kappa shape index (κ3) is 4.37. The molecule has 0 spiro atoms. The average Bonchev–Trinajstić information content (AvgIpc) is 3.42. The summed E-state index contributed by atoms with van der Waals surface area (Å²) in [4.78, 5) is 2.62. The first-order valence-corrected chi connectivity index (χ1v) is 14.1. The predicted octanol–water partition coefficient (Wildman–Crippen LogP) is 11.2. The molecule has 0 saturated carbocycles. The smallest absolute Gasteiger partial charge is 0.0434 e. The van der Waals surface area contributed by atoms with Gasteiger partial charge in [0.25, 0.3) is 0 Å². The molecule has 1 aromatic heterocycles. The Labute approximate surface area is 233 Å². The van der Waals surface area contributed by atoms with Crippen molar-refractivity contribution < 1.29 is 0 Å². The van der Waals surface area contributed by atoms with Crippen LogP contribution in [0, 0.1) is 0 Å². The SMILES string of the molecule is c1ccc(-c2ccc(-c3sc(-c4cccc(-c5ccccc5)c4-c4ccccc4)c4ccccc34)cc2)cc1. The molecule has 184 valence electrons. The van der Waals surface area contributed by atoms with Gasteiger partial charge in [0.15, 0.2) is 0 Å². The molecule has 1 heteroatoms. The maximum Gasteiger partial charge on any atom is 0.0434 e. The van der Waals surface area contributed by atoms with Crippen molar-refractivity contribution in [1.29, 1.82) is 0 Å². The Morgan fingerprint density at radius 1 is 0.282 bits per heavy atom. The zero-order valence-corrected chi connectivity index (χ0v) is 22.2. The molecule has 0 atom stereocenters. The molecule has 39 heavy (non-hydrogen) atoms. The van der Waals surface area contributed by atoms with Gasteiger partial charge < -0.3 is 0 Å². The molecule has 0 unspecified atom stereocenters. The van der Waals surface area contributed by atoms with Crippen LogP contribution < -0.4 is 0 Å². The van der Waals surface area contributed by atoms with Gasteiger partial charge in [0.2, 0.25) is 0 Å². The minimum atomic E-state index is 1.23. The summed E-state index contributed by atoms with van der Waals surface area (Å²) in [5.41, 5.74) is 10.0. The van der Waals surface area contributed by atoms with Crippen LogP contribution in [-0.2, 0) is 0 Å². The van der Waals surface area contributed by atoms with Crippen LogP contribution in [0.2, 0.25) is 0 Å². The van der Waals surface area contributed by atoms with E-state index in [9.17, 15) is 0 Å². The van der Waals surface area contributed by atoms with Crippen molar-refractivity contribution in [3.8, 4) is 54.3 Å². The van der Waals surface area contributed by atoms with E-state index in [1.807, 2.05) is 11.3 Å². The summed E-state index contributed by atoms with van der Waals surface area (Å²) in [5, 5.41) is 2.60. The minimum absolute atomic E-state index is 1.23. The van der Waals surface area contributed by atoms with E-state index in [-0.39, 0.29) is 0 Å². The van der Waals surface area contributed by atoms with Crippen LogP contribution in [0.1, 0.15) is 0 Å². The molecule has 0 N–H and O–H groups in total. The lowest BCUT2D eigenvalue weighted by Crippen LogP contribution is -1.89. The highest BCUT2D eigenvalue weighted by Gasteiger charge is 2.19. The Hall–Kier alpha value is -4.72. The maximum atomic E-state index is 2.29. The van der Waals surface area contributed by atoms with Crippen LogP contribution in [0.4, 0.5) is 0 Å². The Morgan fingerprint density at radius 3 is 1.38 bits per heavy atom. The molecular weight excluding hydrogens is 488 g/mol. The van der Waals surface area contributed by atoms with Gasteiger partial charge in [-0.3, -0.25) is 0 Å². The fourth-order valence-electron chi connectivity index (χ4n) is 5.47. The number of benzene rings is 6. The summed E-state index contributed by atoms with van der Waals surface area (Å²) in [7, 11) is 0. The standard InChI is InChI=1S/C38H26S/c1-4-13-27(14-5-1)28-23-25-31(26-24-28)37-33-19-10-11-20-34(33)38(39-37)35-22-12-21-32(29-15-6-2-7-16-29)36(35)30-17-8-3-9-18-30/h1-26H. The van der Waals surface area contributed by atoms with Crippen molar-refractivity contribution in [3.05, 3.63) is 158 Å². The highest BCUT2D eigenvalue weighted by Crippen LogP contribution is 2.48. The second-order valence-electron chi connectivity index (χ2n) is 9.71. The number of hydrogen-bond donors (Lipinski definition) is 0. The first-order valence-electron chi connectivity index (χ1n) is 13.3. The van der Waals surface area contributed by atoms with Crippen molar-refractivity contribution in [2.45, 2.75) is 0 Å². The average molecular weight is 515 g/mol. The van der Waals surface area contributed by atoms with Gasteiger partial charge in [-0.05, 0) is 38.9 Å². The number of rotatable bonds is 5. The fourth-order valence-corrected chi connectivity index (χ4v) is 6.78. The van der Waals surface area contributed by atoms with Gasteiger partial charge >= 0.3 is 0 Å². The van der Waals surface area contributed by atoms with E-state index in [2.05, 4.69) is 158 Å². The third-order valence-corrected chi connectivity index (χ3v) is 8.63. The van der Waals surface area contributed by atoms with Crippen LogP contribution >= 0.6 is 11.3 Å². The van der Waals surface area contributed by atoms with Gasteiger partial charge in [0.05, 0.1) is 0 Å². The van der Waals surface area contributed by atoms with Crippen LogP contribution in [0.3, 0.4) is 0 Å². The van der Waals surface area contributed by atoms with Crippen molar-refractivity contribution in [2.24, 2.45) is 0 Å². The largest absolute Gasteiger partial charge is 0.134 e.